The van der Waals surface area contributed by atoms with Gasteiger partial charge in [-0.3, -0.25) is 0 Å². The van der Waals surface area contributed by atoms with Crippen LogP contribution in [0.2, 0.25) is 0 Å². The van der Waals surface area contributed by atoms with Crippen LogP contribution in [-0.4, -0.2) is 6.61 Å². The predicted molar refractivity (Wildman–Crippen MR) is 64.0 cm³/mol. The number of halogens is 1. The SMILES string of the molecule is CC(C)CCOc1cccc(F)c1[C@@H](C)N. The van der Waals surface area contributed by atoms with Crippen molar-refractivity contribution in [3.8, 4) is 5.75 Å². The second-order valence-corrected chi connectivity index (χ2v) is 4.47. The summed E-state index contributed by atoms with van der Waals surface area (Å²) in [5.74, 6) is 0.847. The molecule has 0 fully saturated rings. The first-order valence-corrected chi connectivity index (χ1v) is 5.69. The molecule has 0 unspecified atom stereocenters. The quantitative estimate of drug-likeness (QED) is 0.834. The van der Waals surface area contributed by atoms with Crippen molar-refractivity contribution >= 4 is 0 Å². The maximum atomic E-state index is 13.5. The van der Waals surface area contributed by atoms with E-state index >= 15 is 0 Å². The third kappa shape index (κ3) is 3.49. The summed E-state index contributed by atoms with van der Waals surface area (Å²) in [7, 11) is 0. The van der Waals surface area contributed by atoms with Crippen LogP contribution in [0.25, 0.3) is 0 Å². The van der Waals surface area contributed by atoms with E-state index in [1.165, 1.54) is 6.07 Å². The minimum Gasteiger partial charge on any atom is -0.493 e. The van der Waals surface area contributed by atoms with Crippen molar-refractivity contribution in [1.29, 1.82) is 0 Å². The summed E-state index contributed by atoms with van der Waals surface area (Å²) in [5, 5.41) is 0. The molecule has 0 heterocycles. The molecule has 1 aromatic rings. The van der Waals surface area contributed by atoms with Crippen LogP contribution in [0, 0.1) is 11.7 Å². The molecule has 1 atom stereocenters. The van der Waals surface area contributed by atoms with Gasteiger partial charge in [0.25, 0.3) is 0 Å². The fourth-order valence-electron chi connectivity index (χ4n) is 1.49. The van der Waals surface area contributed by atoms with E-state index in [-0.39, 0.29) is 11.9 Å². The Kier molecular flexibility index (Phi) is 4.74. The normalized spacial score (nSPS) is 12.9. The number of rotatable bonds is 5. The van der Waals surface area contributed by atoms with Gasteiger partial charge in [0, 0.05) is 11.6 Å². The highest BCUT2D eigenvalue weighted by molar-refractivity contribution is 5.36. The van der Waals surface area contributed by atoms with Gasteiger partial charge in [-0.1, -0.05) is 19.9 Å². The van der Waals surface area contributed by atoms with Crippen LogP contribution < -0.4 is 10.5 Å². The van der Waals surface area contributed by atoms with Crippen molar-refractivity contribution < 1.29 is 9.13 Å². The van der Waals surface area contributed by atoms with Crippen LogP contribution in [0.4, 0.5) is 4.39 Å². The molecule has 0 aliphatic carbocycles. The van der Waals surface area contributed by atoms with Gasteiger partial charge in [0.2, 0.25) is 0 Å². The Morgan fingerprint density at radius 1 is 1.31 bits per heavy atom. The van der Waals surface area contributed by atoms with Crippen molar-refractivity contribution in [2.75, 3.05) is 6.61 Å². The molecular formula is C13H20FNO. The highest BCUT2D eigenvalue weighted by Crippen LogP contribution is 2.26. The summed E-state index contributed by atoms with van der Waals surface area (Å²) in [6, 6.07) is 4.47. The minimum absolute atomic E-state index is 0.294. The van der Waals surface area contributed by atoms with Gasteiger partial charge in [-0.25, -0.2) is 4.39 Å². The average molecular weight is 225 g/mol. The number of hydrogen-bond donors (Lipinski definition) is 1. The number of hydrogen-bond acceptors (Lipinski definition) is 2. The van der Waals surface area contributed by atoms with E-state index in [1.54, 1.807) is 19.1 Å². The van der Waals surface area contributed by atoms with Crippen LogP contribution >= 0.6 is 0 Å². The summed E-state index contributed by atoms with van der Waals surface area (Å²) in [6.07, 6.45) is 0.953. The van der Waals surface area contributed by atoms with E-state index in [4.69, 9.17) is 10.5 Å². The van der Waals surface area contributed by atoms with Gasteiger partial charge in [0.15, 0.2) is 0 Å². The first kappa shape index (κ1) is 13.0. The van der Waals surface area contributed by atoms with E-state index in [9.17, 15) is 4.39 Å². The monoisotopic (exact) mass is 225 g/mol. The van der Waals surface area contributed by atoms with Crippen molar-refractivity contribution in [2.24, 2.45) is 11.7 Å². The summed E-state index contributed by atoms with van der Waals surface area (Å²) >= 11 is 0. The Morgan fingerprint density at radius 2 is 2.00 bits per heavy atom. The second-order valence-electron chi connectivity index (χ2n) is 4.47. The smallest absolute Gasteiger partial charge is 0.131 e. The molecule has 2 N–H and O–H groups in total. The lowest BCUT2D eigenvalue weighted by molar-refractivity contribution is 0.284. The van der Waals surface area contributed by atoms with Gasteiger partial charge in [-0.05, 0) is 31.4 Å². The number of benzene rings is 1. The largest absolute Gasteiger partial charge is 0.493 e. The van der Waals surface area contributed by atoms with Crippen molar-refractivity contribution in [2.45, 2.75) is 33.2 Å². The van der Waals surface area contributed by atoms with Gasteiger partial charge >= 0.3 is 0 Å². The third-order valence-electron chi connectivity index (χ3n) is 2.42. The Hall–Kier alpha value is -1.09. The lowest BCUT2D eigenvalue weighted by Gasteiger charge is -2.15. The van der Waals surface area contributed by atoms with Crippen molar-refractivity contribution in [3.63, 3.8) is 0 Å². The highest BCUT2D eigenvalue weighted by Gasteiger charge is 2.13. The van der Waals surface area contributed by atoms with Gasteiger partial charge in [-0.15, -0.1) is 0 Å². The fraction of sp³-hybridized carbons (Fsp3) is 0.538. The molecule has 0 aromatic heterocycles. The summed E-state index contributed by atoms with van der Waals surface area (Å²) in [4.78, 5) is 0. The summed E-state index contributed by atoms with van der Waals surface area (Å²) in [5.41, 5.74) is 6.19. The molecule has 16 heavy (non-hydrogen) atoms. The van der Waals surface area contributed by atoms with Crippen molar-refractivity contribution in [1.82, 2.24) is 0 Å². The van der Waals surface area contributed by atoms with Crippen LogP contribution in [0.1, 0.15) is 38.8 Å². The lowest BCUT2D eigenvalue weighted by Crippen LogP contribution is -2.11. The van der Waals surface area contributed by atoms with E-state index in [1.807, 2.05) is 0 Å². The molecule has 0 saturated carbocycles. The maximum absolute atomic E-state index is 13.5. The molecule has 90 valence electrons. The van der Waals surface area contributed by atoms with E-state index in [0.717, 1.165) is 6.42 Å². The Balaban J connectivity index is 2.75. The van der Waals surface area contributed by atoms with Gasteiger partial charge in [0.05, 0.1) is 6.61 Å². The van der Waals surface area contributed by atoms with Crippen molar-refractivity contribution in [3.05, 3.63) is 29.6 Å². The first-order valence-electron chi connectivity index (χ1n) is 5.69. The molecule has 0 aliphatic rings. The van der Waals surface area contributed by atoms with Gasteiger partial charge < -0.3 is 10.5 Å². The van der Waals surface area contributed by atoms with Crippen LogP contribution in [-0.2, 0) is 0 Å². The molecule has 0 bridgehead atoms. The van der Waals surface area contributed by atoms with E-state index in [0.29, 0.717) is 23.8 Å². The second kappa shape index (κ2) is 5.85. The molecule has 0 aliphatic heterocycles. The molecular weight excluding hydrogens is 205 g/mol. The topological polar surface area (TPSA) is 35.2 Å². The molecule has 0 saturated heterocycles. The van der Waals surface area contributed by atoms with Gasteiger partial charge in [0.1, 0.15) is 11.6 Å². The highest BCUT2D eigenvalue weighted by atomic mass is 19.1. The average Bonchev–Trinajstić information content (AvgIpc) is 2.16. The zero-order chi connectivity index (χ0) is 12.1. The zero-order valence-corrected chi connectivity index (χ0v) is 10.2. The summed E-state index contributed by atoms with van der Waals surface area (Å²) < 4.78 is 19.1. The predicted octanol–water partition coefficient (Wildman–Crippen LogP) is 3.27. The Morgan fingerprint density at radius 3 is 2.56 bits per heavy atom. The first-order chi connectivity index (χ1) is 7.52. The number of ether oxygens (including phenoxy) is 1. The molecule has 1 rings (SSSR count). The molecule has 2 nitrogen and oxygen atoms in total. The molecule has 3 heteroatoms. The summed E-state index contributed by atoms with van der Waals surface area (Å²) in [6.45, 7) is 6.61. The Labute approximate surface area is 96.6 Å². The third-order valence-corrected chi connectivity index (χ3v) is 2.42. The van der Waals surface area contributed by atoms with Crippen LogP contribution in [0.5, 0.6) is 5.75 Å². The van der Waals surface area contributed by atoms with E-state index in [2.05, 4.69) is 13.8 Å². The van der Waals surface area contributed by atoms with Gasteiger partial charge in [-0.2, -0.15) is 0 Å². The minimum atomic E-state index is -0.352. The number of nitrogens with two attached hydrogens (primary N) is 1. The molecule has 0 spiro atoms. The van der Waals surface area contributed by atoms with Crippen LogP contribution in [0.15, 0.2) is 18.2 Å². The molecule has 1 aromatic carbocycles. The maximum Gasteiger partial charge on any atom is 0.131 e. The van der Waals surface area contributed by atoms with E-state index < -0.39 is 0 Å². The molecule has 0 amide bonds. The Bertz CT molecular complexity index is 337. The fourth-order valence-corrected chi connectivity index (χ4v) is 1.49. The zero-order valence-electron chi connectivity index (χ0n) is 10.2. The standard InChI is InChI=1S/C13H20FNO/c1-9(2)7-8-16-12-6-4-5-11(14)13(12)10(3)15/h4-6,9-10H,7-8,15H2,1-3H3/t10-/m1/s1. The lowest BCUT2D eigenvalue weighted by atomic mass is 10.1. The molecule has 0 radical (unpaired) electrons. The van der Waals surface area contributed by atoms with Crippen LogP contribution in [0.3, 0.4) is 0 Å².